The number of aromatic nitrogens is 2. The standard InChI is InChI=1S/C13H20N4S/c1-2-11-8-10(5-7-17(11)6-1)14-13-15-12(16-18-13)9-3-4-9/h9-11H,1-8H2,(H,14,15,16)/t10-,11+/m0/s1. The highest BCUT2D eigenvalue weighted by molar-refractivity contribution is 7.09. The zero-order valence-corrected chi connectivity index (χ0v) is 11.5. The molecule has 1 aromatic rings. The Labute approximate surface area is 112 Å². The molecule has 2 atom stereocenters. The first-order chi connectivity index (χ1) is 8.88. The summed E-state index contributed by atoms with van der Waals surface area (Å²) < 4.78 is 4.47. The summed E-state index contributed by atoms with van der Waals surface area (Å²) in [6.45, 7) is 2.58. The molecule has 2 aliphatic heterocycles. The Bertz CT molecular complexity index is 428. The lowest BCUT2D eigenvalue weighted by atomic mass is 9.98. The van der Waals surface area contributed by atoms with Gasteiger partial charge in [0.05, 0.1) is 0 Å². The van der Waals surface area contributed by atoms with Crippen LogP contribution in [-0.2, 0) is 0 Å². The molecule has 2 saturated heterocycles. The molecular weight excluding hydrogens is 244 g/mol. The van der Waals surface area contributed by atoms with Gasteiger partial charge in [-0.05, 0) is 45.1 Å². The molecule has 5 heteroatoms. The average Bonchev–Trinajstić information content (AvgIpc) is 2.95. The van der Waals surface area contributed by atoms with Crippen LogP contribution in [0.5, 0.6) is 0 Å². The van der Waals surface area contributed by atoms with Gasteiger partial charge in [-0.3, -0.25) is 0 Å². The summed E-state index contributed by atoms with van der Waals surface area (Å²) in [6, 6.07) is 1.44. The van der Waals surface area contributed by atoms with Gasteiger partial charge in [0.15, 0.2) is 0 Å². The van der Waals surface area contributed by atoms with Crippen LogP contribution in [-0.4, -0.2) is 39.4 Å². The molecule has 98 valence electrons. The molecule has 1 saturated carbocycles. The van der Waals surface area contributed by atoms with E-state index in [-0.39, 0.29) is 0 Å². The number of hydrogen-bond donors (Lipinski definition) is 1. The second kappa shape index (κ2) is 4.46. The molecule has 0 radical (unpaired) electrons. The monoisotopic (exact) mass is 264 g/mol. The summed E-state index contributed by atoms with van der Waals surface area (Å²) in [4.78, 5) is 7.30. The van der Waals surface area contributed by atoms with Crippen LogP contribution in [0.1, 0.15) is 50.3 Å². The van der Waals surface area contributed by atoms with Crippen LogP contribution in [0, 0.1) is 0 Å². The summed E-state index contributed by atoms with van der Waals surface area (Å²) in [5.74, 6) is 1.76. The van der Waals surface area contributed by atoms with Crippen molar-refractivity contribution in [3.8, 4) is 0 Å². The molecule has 1 aliphatic carbocycles. The first-order valence-electron chi connectivity index (χ1n) is 7.23. The number of anilines is 1. The molecule has 1 aromatic heterocycles. The maximum Gasteiger partial charge on any atom is 0.202 e. The van der Waals surface area contributed by atoms with Gasteiger partial charge in [-0.2, -0.15) is 4.37 Å². The molecule has 3 aliphatic rings. The fourth-order valence-electron chi connectivity index (χ4n) is 3.33. The Morgan fingerprint density at radius 2 is 2.11 bits per heavy atom. The molecular formula is C13H20N4S. The van der Waals surface area contributed by atoms with Crippen molar-refractivity contribution in [1.82, 2.24) is 14.3 Å². The van der Waals surface area contributed by atoms with E-state index >= 15 is 0 Å². The number of nitrogens with one attached hydrogen (secondary N) is 1. The van der Waals surface area contributed by atoms with Gasteiger partial charge in [-0.15, -0.1) is 0 Å². The van der Waals surface area contributed by atoms with Crippen LogP contribution >= 0.6 is 11.5 Å². The van der Waals surface area contributed by atoms with Crippen molar-refractivity contribution in [2.45, 2.75) is 56.5 Å². The molecule has 0 amide bonds. The van der Waals surface area contributed by atoms with E-state index in [4.69, 9.17) is 0 Å². The first-order valence-corrected chi connectivity index (χ1v) is 8.00. The molecule has 4 rings (SSSR count). The number of piperidine rings is 1. The zero-order valence-electron chi connectivity index (χ0n) is 10.6. The van der Waals surface area contributed by atoms with E-state index in [9.17, 15) is 0 Å². The molecule has 0 aromatic carbocycles. The quantitative estimate of drug-likeness (QED) is 0.910. The van der Waals surface area contributed by atoms with Gasteiger partial charge >= 0.3 is 0 Å². The van der Waals surface area contributed by atoms with Gasteiger partial charge in [0.1, 0.15) is 5.82 Å². The van der Waals surface area contributed by atoms with Crippen molar-refractivity contribution in [3.05, 3.63) is 5.82 Å². The highest BCUT2D eigenvalue weighted by atomic mass is 32.1. The second-order valence-corrected chi connectivity index (χ2v) is 6.68. The van der Waals surface area contributed by atoms with E-state index in [2.05, 4.69) is 19.6 Å². The van der Waals surface area contributed by atoms with E-state index in [0.29, 0.717) is 12.0 Å². The Hall–Kier alpha value is -0.680. The molecule has 0 bridgehead atoms. The van der Waals surface area contributed by atoms with Crippen molar-refractivity contribution < 1.29 is 0 Å². The van der Waals surface area contributed by atoms with E-state index in [0.717, 1.165) is 17.0 Å². The molecule has 4 nitrogen and oxygen atoms in total. The van der Waals surface area contributed by atoms with Crippen molar-refractivity contribution in [2.24, 2.45) is 0 Å². The van der Waals surface area contributed by atoms with Crippen molar-refractivity contribution >= 4 is 16.7 Å². The van der Waals surface area contributed by atoms with Crippen LogP contribution in [0.25, 0.3) is 0 Å². The second-order valence-electron chi connectivity index (χ2n) is 5.93. The number of rotatable bonds is 3. The summed E-state index contributed by atoms with van der Waals surface area (Å²) in [5.41, 5.74) is 0. The molecule has 0 spiro atoms. The minimum Gasteiger partial charge on any atom is -0.357 e. The lowest BCUT2D eigenvalue weighted by molar-refractivity contribution is 0.188. The maximum absolute atomic E-state index is 4.63. The summed E-state index contributed by atoms with van der Waals surface area (Å²) in [6.07, 6.45) is 7.91. The van der Waals surface area contributed by atoms with Gasteiger partial charge in [0, 0.05) is 36.1 Å². The van der Waals surface area contributed by atoms with Crippen LogP contribution < -0.4 is 5.32 Å². The van der Waals surface area contributed by atoms with Gasteiger partial charge in [0.2, 0.25) is 5.13 Å². The van der Waals surface area contributed by atoms with Crippen LogP contribution in [0.2, 0.25) is 0 Å². The number of fused-ring (bicyclic) bond motifs is 1. The first kappa shape index (κ1) is 11.2. The third-order valence-corrected chi connectivity index (χ3v) is 5.19. The van der Waals surface area contributed by atoms with Gasteiger partial charge in [-0.1, -0.05) is 0 Å². The third-order valence-electron chi connectivity index (χ3n) is 4.53. The molecule has 0 unspecified atom stereocenters. The maximum atomic E-state index is 4.63. The number of hydrogen-bond acceptors (Lipinski definition) is 5. The highest BCUT2D eigenvalue weighted by Gasteiger charge is 2.32. The SMILES string of the molecule is C1C[C@@H]2C[C@@H](Nc3nc(C4CC4)ns3)CCN2C1. The third kappa shape index (κ3) is 2.14. The van der Waals surface area contributed by atoms with Gasteiger partial charge in [-0.25, -0.2) is 4.98 Å². The highest BCUT2D eigenvalue weighted by Crippen LogP contribution is 2.39. The Balaban J connectivity index is 1.38. The van der Waals surface area contributed by atoms with E-state index in [1.54, 1.807) is 11.5 Å². The summed E-state index contributed by atoms with van der Waals surface area (Å²) >= 11 is 1.55. The Morgan fingerprint density at radius 3 is 3.00 bits per heavy atom. The van der Waals surface area contributed by atoms with E-state index in [1.165, 1.54) is 51.6 Å². The van der Waals surface area contributed by atoms with Crippen molar-refractivity contribution in [1.29, 1.82) is 0 Å². The van der Waals surface area contributed by atoms with Gasteiger partial charge < -0.3 is 10.2 Å². The Morgan fingerprint density at radius 1 is 1.17 bits per heavy atom. The Kier molecular flexibility index (Phi) is 2.77. The smallest absolute Gasteiger partial charge is 0.202 e. The van der Waals surface area contributed by atoms with E-state index in [1.807, 2.05) is 0 Å². The lowest BCUT2D eigenvalue weighted by Crippen LogP contribution is -2.42. The topological polar surface area (TPSA) is 41.1 Å². The van der Waals surface area contributed by atoms with Crippen LogP contribution in [0.4, 0.5) is 5.13 Å². The molecule has 18 heavy (non-hydrogen) atoms. The van der Waals surface area contributed by atoms with Crippen LogP contribution in [0.15, 0.2) is 0 Å². The fraction of sp³-hybridized carbons (Fsp3) is 0.846. The summed E-state index contributed by atoms with van der Waals surface area (Å²) in [7, 11) is 0. The lowest BCUT2D eigenvalue weighted by Gasteiger charge is -2.34. The van der Waals surface area contributed by atoms with E-state index < -0.39 is 0 Å². The fourth-order valence-corrected chi connectivity index (χ4v) is 4.05. The predicted molar refractivity (Wildman–Crippen MR) is 73.1 cm³/mol. The average molecular weight is 264 g/mol. The number of nitrogens with zero attached hydrogens (tertiary/aromatic N) is 3. The predicted octanol–water partition coefficient (Wildman–Crippen LogP) is 2.45. The van der Waals surface area contributed by atoms with Gasteiger partial charge in [0.25, 0.3) is 0 Å². The molecule has 1 N–H and O–H groups in total. The normalized spacial score (nSPS) is 32.4. The minimum atomic E-state index is 0.615. The van der Waals surface area contributed by atoms with Crippen molar-refractivity contribution in [3.63, 3.8) is 0 Å². The minimum absolute atomic E-state index is 0.615. The molecule has 3 fully saturated rings. The zero-order chi connectivity index (χ0) is 11.9. The van der Waals surface area contributed by atoms with Crippen LogP contribution in [0.3, 0.4) is 0 Å². The molecule has 3 heterocycles. The van der Waals surface area contributed by atoms with Crippen molar-refractivity contribution in [2.75, 3.05) is 18.4 Å². The summed E-state index contributed by atoms with van der Waals surface area (Å²) in [5, 5.41) is 4.66. The largest absolute Gasteiger partial charge is 0.357 e.